The van der Waals surface area contributed by atoms with Crippen molar-refractivity contribution in [3.63, 3.8) is 0 Å². The minimum Gasteiger partial charge on any atom is -0.301 e. The standard InChI is InChI=1S/C26H35N3/c1-23(2)26(22-27,25-12-7-4-8-13-25)15-9-16-28-18-20-29(21-19-28)17-14-24-10-5-3-6-11-24/h3-8,10-13,23H,9,14-21H2,1-2H3. The largest absolute Gasteiger partial charge is 0.301 e. The van der Waals surface area contributed by atoms with Crippen LogP contribution in [-0.4, -0.2) is 49.1 Å². The number of rotatable bonds is 9. The summed E-state index contributed by atoms with van der Waals surface area (Å²) in [5.74, 6) is 0.310. The molecule has 2 aromatic carbocycles. The predicted octanol–water partition coefficient (Wildman–Crippen LogP) is 4.74. The van der Waals surface area contributed by atoms with Gasteiger partial charge >= 0.3 is 0 Å². The molecule has 2 aromatic rings. The summed E-state index contributed by atoms with van der Waals surface area (Å²) in [6, 6.07) is 23.8. The number of hydrogen-bond acceptors (Lipinski definition) is 3. The molecule has 1 aliphatic rings. The molecule has 0 N–H and O–H groups in total. The normalized spacial score (nSPS) is 17.7. The molecule has 0 radical (unpaired) electrons. The molecule has 1 saturated heterocycles. The first-order valence-corrected chi connectivity index (χ1v) is 11.1. The Bertz CT molecular complexity index is 758. The zero-order chi connectivity index (χ0) is 20.5. The highest BCUT2D eigenvalue weighted by Gasteiger charge is 2.35. The Hall–Kier alpha value is -2.15. The maximum atomic E-state index is 10.1. The van der Waals surface area contributed by atoms with Crippen LogP contribution in [0.3, 0.4) is 0 Å². The molecule has 1 aliphatic heterocycles. The van der Waals surface area contributed by atoms with Crippen LogP contribution in [0.1, 0.15) is 37.8 Å². The van der Waals surface area contributed by atoms with Gasteiger partial charge in [0, 0.05) is 32.7 Å². The van der Waals surface area contributed by atoms with Crippen molar-refractivity contribution in [2.45, 2.75) is 38.5 Å². The van der Waals surface area contributed by atoms with Gasteiger partial charge in [0.25, 0.3) is 0 Å². The molecule has 1 unspecified atom stereocenters. The minimum absolute atomic E-state index is 0.310. The van der Waals surface area contributed by atoms with Crippen molar-refractivity contribution in [3.8, 4) is 6.07 Å². The van der Waals surface area contributed by atoms with Crippen molar-refractivity contribution in [1.29, 1.82) is 5.26 Å². The van der Waals surface area contributed by atoms with Crippen molar-refractivity contribution in [2.24, 2.45) is 5.92 Å². The topological polar surface area (TPSA) is 30.3 Å². The second-order valence-electron chi connectivity index (χ2n) is 8.63. The van der Waals surface area contributed by atoms with E-state index in [1.54, 1.807) is 0 Å². The monoisotopic (exact) mass is 389 g/mol. The Kier molecular flexibility index (Phi) is 7.86. The lowest BCUT2D eigenvalue weighted by Gasteiger charge is -2.36. The van der Waals surface area contributed by atoms with E-state index < -0.39 is 0 Å². The summed E-state index contributed by atoms with van der Waals surface area (Å²) in [7, 11) is 0. The van der Waals surface area contributed by atoms with Crippen molar-refractivity contribution in [1.82, 2.24) is 9.80 Å². The molecule has 0 amide bonds. The Balaban J connectivity index is 1.44. The highest BCUT2D eigenvalue weighted by molar-refractivity contribution is 5.33. The molecular formula is C26H35N3. The molecule has 3 rings (SSSR count). The molecule has 0 aliphatic carbocycles. The Morgan fingerprint density at radius 1 is 0.862 bits per heavy atom. The molecule has 1 atom stereocenters. The van der Waals surface area contributed by atoms with Crippen LogP contribution in [0.2, 0.25) is 0 Å². The molecule has 0 spiro atoms. The molecular weight excluding hydrogens is 354 g/mol. The molecule has 3 heteroatoms. The fourth-order valence-electron chi connectivity index (χ4n) is 4.50. The number of nitriles is 1. The number of nitrogens with zero attached hydrogens (tertiary/aromatic N) is 3. The van der Waals surface area contributed by atoms with E-state index in [4.69, 9.17) is 0 Å². The van der Waals surface area contributed by atoms with Gasteiger partial charge in [-0.05, 0) is 42.9 Å². The number of hydrogen-bond donors (Lipinski definition) is 0. The second-order valence-corrected chi connectivity index (χ2v) is 8.63. The van der Waals surface area contributed by atoms with Crippen molar-refractivity contribution >= 4 is 0 Å². The van der Waals surface area contributed by atoms with Gasteiger partial charge in [-0.3, -0.25) is 0 Å². The van der Waals surface area contributed by atoms with Gasteiger partial charge in [0.2, 0.25) is 0 Å². The van der Waals surface area contributed by atoms with Crippen LogP contribution in [0.4, 0.5) is 0 Å². The van der Waals surface area contributed by atoms with Crippen LogP contribution in [0, 0.1) is 17.2 Å². The number of benzene rings is 2. The summed E-state index contributed by atoms with van der Waals surface area (Å²) in [5.41, 5.74) is 2.22. The van der Waals surface area contributed by atoms with Gasteiger partial charge in [0.05, 0.1) is 11.5 Å². The summed E-state index contributed by atoms with van der Waals surface area (Å²) in [6.07, 6.45) is 3.14. The molecule has 3 nitrogen and oxygen atoms in total. The lowest BCUT2D eigenvalue weighted by Crippen LogP contribution is -2.47. The van der Waals surface area contributed by atoms with Crippen LogP contribution < -0.4 is 0 Å². The SMILES string of the molecule is CC(C)C(C#N)(CCCN1CCN(CCc2ccccc2)CC1)c1ccccc1. The molecule has 0 saturated carbocycles. The summed E-state index contributed by atoms with van der Waals surface area (Å²) < 4.78 is 0. The van der Waals surface area contributed by atoms with E-state index >= 15 is 0 Å². The molecule has 1 heterocycles. The van der Waals surface area contributed by atoms with E-state index in [0.717, 1.165) is 58.5 Å². The average Bonchev–Trinajstić information content (AvgIpc) is 2.77. The summed E-state index contributed by atoms with van der Waals surface area (Å²) in [5, 5.41) is 10.1. The van der Waals surface area contributed by atoms with E-state index in [1.165, 1.54) is 11.1 Å². The molecule has 0 bridgehead atoms. The average molecular weight is 390 g/mol. The van der Waals surface area contributed by atoms with Crippen molar-refractivity contribution in [2.75, 3.05) is 39.3 Å². The third-order valence-corrected chi connectivity index (χ3v) is 6.54. The Labute approximate surface area is 177 Å². The van der Waals surface area contributed by atoms with Crippen LogP contribution in [0.25, 0.3) is 0 Å². The van der Waals surface area contributed by atoms with E-state index in [0.29, 0.717) is 5.92 Å². The molecule has 154 valence electrons. The Morgan fingerprint density at radius 2 is 1.41 bits per heavy atom. The van der Waals surface area contributed by atoms with E-state index in [9.17, 15) is 5.26 Å². The zero-order valence-corrected chi connectivity index (χ0v) is 18.1. The fourth-order valence-corrected chi connectivity index (χ4v) is 4.50. The van der Waals surface area contributed by atoms with Gasteiger partial charge in [-0.2, -0.15) is 5.26 Å². The van der Waals surface area contributed by atoms with Gasteiger partial charge in [-0.1, -0.05) is 74.5 Å². The minimum atomic E-state index is -0.376. The van der Waals surface area contributed by atoms with Crippen molar-refractivity contribution < 1.29 is 0 Å². The first-order valence-electron chi connectivity index (χ1n) is 11.1. The zero-order valence-electron chi connectivity index (χ0n) is 18.1. The lowest BCUT2D eigenvalue weighted by atomic mass is 9.70. The predicted molar refractivity (Wildman–Crippen MR) is 121 cm³/mol. The highest BCUT2D eigenvalue weighted by Crippen LogP contribution is 2.36. The van der Waals surface area contributed by atoms with E-state index in [1.807, 2.05) is 6.07 Å². The fraction of sp³-hybridized carbons (Fsp3) is 0.500. The van der Waals surface area contributed by atoms with Gasteiger partial charge in [-0.15, -0.1) is 0 Å². The van der Waals surface area contributed by atoms with Gasteiger partial charge in [0.1, 0.15) is 0 Å². The summed E-state index contributed by atoms with van der Waals surface area (Å²) in [4.78, 5) is 5.16. The van der Waals surface area contributed by atoms with Crippen LogP contribution in [-0.2, 0) is 11.8 Å². The van der Waals surface area contributed by atoms with Crippen molar-refractivity contribution in [3.05, 3.63) is 71.8 Å². The molecule has 1 fully saturated rings. The van der Waals surface area contributed by atoms with E-state index in [-0.39, 0.29) is 5.41 Å². The van der Waals surface area contributed by atoms with Crippen LogP contribution >= 0.6 is 0 Å². The van der Waals surface area contributed by atoms with E-state index in [2.05, 4.69) is 84.3 Å². The third-order valence-electron chi connectivity index (χ3n) is 6.54. The van der Waals surface area contributed by atoms with Crippen LogP contribution in [0.15, 0.2) is 60.7 Å². The third kappa shape index (κ3) is 5.69. The maximum Gasteiger partial charge on any atom is 0.0845 e. The summed E-state index contributed by atoms with van der Waals surface area (Å²) in [6.45, 7) is 11.2. The summed E-state index contributed by atoms with van der Waals surface area (Å²) >= 11 is 0. The van der Waals surface area contributed by atoms with Gasteiger partial charge in [-0.25, -0.2) is 0 Å². The quantitative estimate of drug-likeness (QED) is 0.620. The lowest BCUT2D eigenvalue weighted by molar-refractivity contribution is 0.129. The second kappa shape index (κ2) is 10.6. The maximum absolute atomic E-state index is 10.1. The molecule has 0 aromatic heterocycles. The first-order chi connectivity index (χ1) is 14.1. The molecule has 29 heavy (non-hydrogen) atoms. The van der Waals surface area contributed by atoms with Gasteiger partial charge < -0.3 is 9.80 Å². The first kappa shape index (κ1) is 21.6. The van der Waals surface area contributed by atoms with Crippen LogP contribution in [0.5, 0.6) is 0 Å². The highest BCUT2D eigenvalue weighted by atomic mass is 15.3. The number of piperazine rings is 1. The Morgan fingerprint density at radius 3 is 1.97 bits per heavy atom. The van der Waals surface area contributed by atoms with Gasteiger partial charge in [0.15, 0.2) is 0 Å². The smallest absolute Gasteiger partial charge is 0.0845 e.